The van der Waals surface area contributed by atoms with Crippen molar-refractivity contribution in [2.75, 3.05) is 5.32 Å². The maximum absolute atomic E-state index is 9.79. The highest BCUT2D eigenvalue weighted by molar-refractivity contribution is 5.57. The van der Waals surface area contributed by atoms with Crippen molar-refractivity contribution in [3.8, 4) is 5.75 Å². The van der Waals surface area contributed by atoms with Gasteiger partial charge >= 0.3 is 0 Å². The second-order valence-electron chi connectivity index (χ2n) is 5.70. The lowest BCUT2D eigenvalue weighted by Gasteiger charge is -2.22. The molecule has 0 aliphatic carbocycles. The van der Waals surface area contributed by atoms with Gasteiger partial charge in [0, 0.05) is 5.69 Å². The second kappa shape index (κ2) is 7.16. The fraction of sp³-hybridized carbons (Fsp3) is 0.368. The molecule has 0 spiro atoms. The fourth-order valence-corrected chi connectivity index (χ4v) is 2.56. The molecular formula is C19H25NO. The third-order valence-electron chi connectivity index (χ3n) is 3.92. The van der Waals surface area contributed by atoms with E-state index in [9.17, 15) is 5.11 Å². The van der Waals surface area contributed by atoms with Gasteiger partial charge in [0.05, 0.1) is 6.04 Å². The first-order valence-electron chi connectivity index (χ1n) is 7.73. The Morgan fingerprint density at radius 1 is 1.05 bits per heavy atom. The quantitative estimate of drug-likeness (QED) is 0.700. The molecule has 0 saturated carbocycles. The van der Waals surface area contributed by atoms with Gasteiger partial charge in [0.2, 0.25) is 0 Å². The van der Waals surface area contributed by atoms with Crippen molar-refractivity contribution < 1.29 is 5.11 Å². The summed E-state index contributed by atoms with van der Waals surface area (Å²) in [7, 11) is 0. The number of aromatic hydroxyl groups is 1. The van der Waals surface area contributed by atoms with E-state index in [4.69, 9.17) is 0 Å². The molecule has 2 aromatic rings. The van der Waals surface area contributed by atoms with E-state index in [1.807, 2.05) is 26.0 Å². The molecule has 112 valence electrons. The van der Waals surface area contributed by atoms with Crippen LogP contribution >= 0.6 is 0 Å². The standard InChI is InChI=1S/C19H25NO/c1-4-5-11-17(16-9-7-6-8-10-16)20-18-12-15(3)19(21)13-14(18)2/h6-10,12-13,17,20-21H,4-5,11H2,1-3H3. The van der Waals surface area contributed by atoms with E-state index in [-0.39, 0.29) is 0 Å². The number of rotatable bonds is 6. The third kappa shape index (κ3) is 4.01. The van der Waals surface area contributed by atoms with Gasteiger partial charge in [0.25, 0.3) is 0 Å². The first kappa shape index (κ1) is 15.4. The second-order valence-corrected chi connectivity index (χ2v) is 5.70. The van der Waals surface area contributed by atoms with Crippen LogP contribution in [0.15, 0.2) is 42.5 Å². The number of unbranched alkanes of at least 4 members (excludes halogenated alkanes) is 1. The number of phenols is 1. The van der Waals surface area contributed by atoms with Crippen molar-refractivity contribution in [2.24, 2.45) is 0 Å². The molecule has 0 heterocycles. The monoisotopic (exact) mass is 283 g/mol. The number of anilines is 1. The highest BCUT2D eigenvalue weighted by atomic mass is 16.3. The van der Waals surface area contributed by atoms with Crippen molar-refractivity contribution in [3.05, 3.63) is 59.2 Å². The summed E-state index contributed by atoms with van der Waals surface area (Å²) in [6, 6.07) is 14.8. The van der Waals surface area contributed by atoms with Crippen molar-refractivity contribution >= 4 is 5.69 Å². The van der Waals surface area contributed by atoms with Crippen molar-refractivity contribution in [1.82, 2.24) is 0 Å². The molecule has 21 heavy (non-hydrogen) atoms. The van der Waals surface area contributed by atoms with Crippen LogP contribution < -0.4 is 5.32 Å². The van der Waals surface area contributed by atoms with Gasteiger partial charge in [-0.3, -0.25) is 0 Å². The normalized spacial score (nSPS) is 12.1. The van der Waals surface area contributed by atoms with E-state index in [0.29, 0.717) is 11.8 Å². The number of benzene rings is 2. The predicted molar refractivity (Wildman–Crippen MR) is 89.9 cm³/mol. The van der Waals surface area contributed by atoms with E-state index in [1.165, 1.54) is 18.4 Å². The lowest BCUT2D eigenvalue weighted by Crippen LogP contribution is -2.11. The molecule has 0 amide bonds. The number of hydrogen-bond acceptors (Lipinski definition) is 2. The van der Waals surface area contributed by atoms with Gasteiger partial charge in [0.15, 0.2) is 0 Å². The van der Waals surface area contributed by atoms with Crippen LogP contribution in [0, 0.1) is 13.8 Å². The van der Waals surface area contributed by atoms with E-state index in [1.54, 1.807) is 0 Å². The highest BCUT2D eigenvalue weighted by Crippen LogP contribution is 2.30. The molecule has 2 heteroatoms. The smallest absolute Gasteiger partial charge is 0.118 e. The minimum Gasteiger partial charge on any atom is -0.508 e. The van der Waals surface area contributed by atoms with Crippen molar-refractivity contribution in [3.63, 3.8) is 0 Å². The SMILES string of the molecule is CCCCC(Nc1cc(C)c(O)cc1C)c1ccccc1. The summed E-state index contributed by atoms with van der Waals surface area (Å²) in [4.78, 5) is 0. The predicted octanol–water partition coefficient (Wildman–Crippen LogP) is 5.35. The van der Waals surface area contributed by atoms with E-state index in [0.717, 1.165) is 23.2 Å². The molecule has 0 aromatic heterocycles. The highest BCUT2D eigenvalue weighted by Gasteiger charge is 2.12. The van der Waals surface area contributed by atoms with Gasteiger partial charge in [-0.15, -0.1) is 0 Å². The van der Waals surface area contributed by atoms with Gasteiger partial charge in [-0.2, -0.15) is 0 Å². The average molecular weight is 283 g/mol. The summed E-state index contributed by atoms with van der Waals surface area (Å²) in [6.07, 6.45) is 3.50. The van der Waals surface area contributed by atoms with E-state index < -0.39 is 0 Å². The largest absolute Gasteiger partial charge is 0.508 e. The zero-order chi connectivity index (χ0) is 15.2. The zero-order valence-corrected chi connectivity index (χ0v) is 13.2. The van der Waals surface area contributed by atoms with Gasteiger partial charge in [-0.25, -0.2) is 0 Å². The Hall–Kier alpha value is -1.96. The molecule has 1 atom stereocenters. The molecular weight excluding hydrogens is 258 g/mol. The molecule has 0 radical (unpaired) electrons. The molecule has 1 unspecified atom stereocenters. The van der Waals surface area contributed by atoms with Crippen LogP contribution in [-0.2, 0) is 0 Å². The summed E-state index contributed by atoms with van der Waals surface area (Å²) >= 11 is 0. The Kier molecular flexibility index (Phi) is 5.26. The Labute approximate surface area is 127 Å². The maximum atomic E-state index is 9.79. The minimum atomic E-state index is 0.314. The number of hydrogen-bond donors (Lipinski definition) is 2. The van der Waals surface area contributed by atoms with Gasteiger partial charge in [0.1, 0.15) is 5.75 Å². The summed E-state index contributed by atoms with van der Waals surface area (Å²) in [5, 5.41) is 13.4. The fourth-order valence-electron chi connectivity index (χ4n) is 2.56. The Morgan fingerprint density at radius 2 is 1.76 bits per heavy atom. The van der Waals surface area contributed by atoms with Gasteiger partial charge in [-0.05, 0) is 49.1 Å². The Morgan fingerprint density at radius 3 is 2.43 bits per heavy atom. The topological polar surface area (TPSA) is 32.3 Å². The molecule has 2 nitrogen and oxygen atoms in total. The number of nitrogens with one attached hydrogen (secondary N) is 1. The van der Waals surface area contributed by atoms with Gasteiger partial charge < -0.3 is 10.4 Å². The van der Waals surface area contributed by atoms with Crippen LogP contribution in [0.1, 0.15) is 48.9 Å². The molecule has 0 bridgehead atoms. The van der Waals surface area contributed by atoms with Crippen molar-refractivity contribution in [2.45, 2.75) is 46.1 Å². The summed E-state index contributed by atoms with van der Waals surface area (Å²) in [5.41, 5.74) is 4.41. The summed E-state index contributed by atoms with van der Waals surface area (Å²) < 4.78 is 0. The van der Waals surface area contributed by atoms with E-state index in [2.05, 4.69) is 42.6 Å². The molecule has 0 saturated heterocycles. The van der Waals surface area contributed by atoms with Crippen molar-refractivity contribution in [1.29, 1.82) is 0 Å². The third-order valence-corrected chi connectivity index (χ3v) is 3.92. The van der Waals surface area contributed by atoms with Crippen LogP contribution in [0.4, 0.5) is 5.69 Å². The minimum absolute atomic E-state index is 0.314. The molecule has 0 fully saturated rings. The first-order valence-corrected chi connectivity index (χ1v) is 7.73. The number of aryl methyl sites for hydroxylation is 2. The maximum Gasteiger partial charge on any atom is 0.118 e. The lowest BCUT2D eigenvalue weighted by molar-refractivity contribution is 0.470. The van der Waals surface area contributed by atoms with E-state index >= 15 is 0 Å². The number of phenolic OH excluding ortho intramolecular Hbond substituents is 1. The average Bonchev–Trinajstić information content (AvgIpc) is 2.49. The molecule has 0 aliphatic heterocycles. The lowest BCUT2D eigenvalue weighted by atomic mass is 10.00. The Balaban J connectivity index is 2.25. The van der Waals surface area contributed by atoms with Gasteiger partial charge in [-0.1, -0.05) is 50.1 Å². The van der Waals surface area contributed by atoms with Crippen LogP contribution in [0.5, 0.6) is 5.75 Å². The molecule has 2 aromatic carbocycles. The Bertz CT molecular complexity index is 578. The molecule has 0 aliphatic rings. The van der Waals surface area contributed by atoms with Crippen LogP contribution in [0.25, 0.3) is 0 Å². The summed E-state index contributed by atoms with van der Waals surface area (Å²) in [5.74, 6) is 0.364. The molecule has 2 N–H and O–H groups in total. The van der Waals surface area contributed by atoms with Crippen LogP contribution in [-0.4, -0.2) is 5.11 Å². The summed E-state index contributed by atoms with van der Waals surface area (Å²) in [6.45, 7) is 6.19. The molecule has 2 rings (SSSR count). The first-order chi connectivity index (χ1) is 10.1. The van der Waals surface area contributed by atoms with Crippen LogP contribution in [0.2, 0.25) is 0 Å². The zero-order valence-electron chi connectivity index (χ0n) is 13.2. The van der Waals surface area contributed by atoms with Crippen LogP contribution in [0.3, 0.4) is 0 Å².